The molecule has 128 valence electrons. The first-order valence-corrected chi connectivity index (χ1v) is 8.40. The van der Waals surface area contributed by atoms with Crippen LogP contribution < -0.4 is 9.80 Å². The monoisotopic (exact) mass is 326 g/mol. The lowest BCUT2D eigenvalue weighted by molar-refractivity contribution is 0.324. The largest absolute Gasteiger partial charge is 0.355 e. The van der Waals surface area contributed by atoms with Gasteiger partial charge < -0.3 is 9.80 Å². The molecule has 0 saturated carbocycles. The predicted octanol–water partition coefficient (Wildman–Crippen LogP) is 1.96. The van der Waals surface area contributed by atoms with E-state index in [1.807, 2.05) is 43.5 Å². The van der Waals surface area contributed by atoms with Crippen molar-refractivity contribution in [3.8, 4) is 0 Å². The quantitative estimate of drug-likeness (QED) is 0.837. The van der Waals surface area contributed by atoms with Crippen LogP contribution in [0.25, 0.3) is 0 Å². The van der Waals surface area contributed by atoms with E-state index in [-0.39, 0.29) is 0 Å². The highest BCUT2D eigenvalue weighted by Crippen LogP contribution is 2.22. The molecule has 3 rings (SSSR count). The average Bonchev–Trinajstić information content (AvgIpc) is 3.05. The van der Waals surface area contributed by atoms with E-state index in [4.69, 9.17) is 0 Å². The minimum absolute atomic E-state index is 0.479. The summed E-state index contributed by atoms with van der Waals surface area (Å²) in [7, 11) is 6.06. The molecule has 6 nitrogen and oxygen atoms in total. The maximum atomic E-state index is 4.65. The van der Waals surface area contributed by atoms with E-state index < -0.39 is 0 Å². The Balaban J connectivity index is 1.65. The Bertz CT molecular complexity index is 687. The van der Waals surface area contributed by atoms with E-state index in [2.05, 4.69) is 44.8 Å². The van der Waals surface area contributed by atoms with Gasteiger partial charge in [-0.1, -0.05) is 6.07 Å². The van der Waals surface area contributed by atoms with Crippen LogP contribution in [-0.4, -0.2) is 60.1 Å². The van der Waals surface area contributed by atoms with Gasteiger partial charge in [-0.05, 0) is 31.0 Å². The summed E-state index contributed by atoms with van der Waals surface area (Å²) in [5, 5.41) is 0. The number of aryl methyl sites for hydroxylation is 1. The van der Waals surface area contributed by atoms with Crippen LogP contribution in [0.5, 0.6) is 0 Å². The summed E-state index contributed by atoms with van der Waals surface area (Å²) >= 11 is 0. The molecule has 0 N–H and O–H groups in total. The second-order valence-electron chi connectivity index (χ2n) is 6.65. The van der Waals surface area contributed by atoms with Crippen LogP contribution in [0, 0.1) is 6.92 Å². The molecule has 1 fully saturated rings. The summed E-state index contributed by atoms with van der Waals surface area (Å²) in [5.41, 5.74) is 2.44. The molecule has 2 aromatic heterocycles. The zero-order valence-electron chi connectivity index (χ0n) is 15.0. The third kappa shape index (κ3) is 3.64. The van der Waals surface area contributed by atoms with Crippen molar-refractivity contribution in [1.82, 2.24) is 19.9 Å². The third-order valence-electron chi connectivity index (χ3n) is 4.70. The maximum absolute atomic E-state index is 4.65. The number of likely N-dealkylation sites (N-methyl/N-ethyl adjacent to an activating group) is 1. The van der Waals surface area contributed by atoms with Crippen molar-refractivity contribution >= 4 is 11.8 Å². The van der Waals surface area contributed by atoms with Crippen molar-refractivity contribution in [2.75, 3.05) is 44.0 Å². The first-order chi connectivity index (χ1) is 11.5. The van der Waals surface area contributed by atoms with E-state index in [9.17, 15) is 0 Å². The molecular weight excluding hydrogens is 300 g/mol. The number of aromatic nitrogens is 3. The van der Waals surface area contributed by atoms with Gasteiger partial charge in [0.1, 0.15) is 5.82 Å². The Labute approximate surface area is 144 Å². The van der Waals surface area contributed by atoms with Crippen molar-refractivity contribution in [1.29, 1.82) is 0 Å². The summed E-state index contributed by atoms with van der Waals surface area (Å²) in [4.78, 5) is 20.1. The summed E-state index contributed by atoms with van der Waals surface area (Å²) in [6.07, 6.45) is 4.84. The third-order valence-corrected chi connectivity index (χ3v) is 4.70. The van der Waals surface area contributed by atoms with E-state index in [0.717, 1.165) is 43.5 Å². The summed E-state index contributed by atoms with van der Waals surface area (Å²) in [6, 6.07) is 6.66. The minimum atomic E-state index is 0.479. The molecule has 6 heteroatoms. The molecule has 3 heterocycles. The Morgan fingerprint density at radius 1 is 1.17 bits per heavy atom. The molecule has 0 aliphatic carbocycles. The molecule has 2 aromatic rings. The van der Waals surface area contributed by atoms with Gasteiger partial charge in [-0.15, -0.1) is 0 Å². The number of hydrogen-bond acceptors (Lipinski definition) is 6. The van der Waals surface area contributed by atoms with Gasteiger partial charge >= 0.3 is 0 Å². The molecule has 0 bridgehead atoms. The number of likely N-dealkylation sites (tertiary alicyclic amines) is 1. The summed E-state index contributed by atoms with van der Waals surface area (Å²) in [6.45, 7) is 5.20. The Hall–Kier alpha value is -2.21. The minimum Gasteiger partial charge on any atom is -0.355 e. The first kappa shape index (κ1) is 16.6. The second kappa shape index (κ2) is 7.13. The Morgan fingerprint density at radius 3 is 2.75 bits per heavy atom. The van der Waals surface area contributed by atoms with Gasteiger partial charge in [-0.25, -0.2) is 4.98 Å². The molecule has 1 saturated heterocycles. The fourth-order valence-corrected chi connectivity index (χ4v) is 3.14. The van der Waals surface area contributed by atoms with E-state index in [0.29, 0.717) is 6.04 Å². The van der Waals surface area contributed by atoms with E-state index in [1.165, 1.54) is 5.56 Å². The molecule has 0 spiro atoms. The summed E-state index contributed by atoms with van der Waals surface area (Å²) < 4.78 is 0. The first-order valence-electron chi connectivity index (χ1n) is 8.40. The lowest BCUT2D eigenvalue weighted by atomic mass is 10.2. The van der Waals surface area contributed by atoms with Gasteiger partial charge in [0.2, 0.25) is 5.95 Å². The summed E-state index contributed by atoms with van der Waals surface area (Å²) in [5.74, 6) is 1.73. The Kier molecular flexibility index (Phi) is 4.94. The molecule has 1 unspecified atom stereocenters. The fraction of sp³-hybridized carbons (Fsp3) is 0.500. The smallest absolute Gasteiger partial charge is 0.226 e. The van der Waals surface area contributed by atoms with Crippen molar-refractivity contribution < 1.29 is 0 Å². The SMILES string of the molecule is Cc1ncccc1CN1CCC(N(C)c2ccnc(N(C)C)n2)C1. The van der Waals surface area contributed by atoms with Crippen LogP contribution in [-0.2, 0) is 6.54 Å². The molecule has 1 atom stereocenters. The number of nitrogens with zero attached hydrogens (tertiary/aromatic N) is 6. The highest BCUT2D eigenvalue weighted by molar-refractivity contribution is 5.43. The van der Waals surface area contributed by atoms with Crippen LogP contribution in [0.15, 0.2) is 30.6 Å². The standard InChI is InChI=1S/C18H26N6/c1-14-15(6-5-9-19-14)12-24-11-8-16(13-24)23(4)17-7-10-20-18(21-17)22(2)3/h5-7,9-10,16H,8,11-13H2,1-4H3. The highest BCUT2D eigenvalue weighted by atomic mass is 15.3. The van der Waals surface area contributed by atoms with Gasteiger partial charge in [0.25, 0.3) is 0 Å². The zero-order valence-corrected chi connectivity index (χ0v) is 15.0. The van der Waals surface area contributed by atoms with E-state index in [1.54, 1.807) is 0 Å². The average molecular weight is 326 g/mol. The van der Waals surface area contributed by atoms with Crippen molar-refractivity contribution in [2.24, 2.45) is 0 Å². The van der Waals surface area contributed by atoms with Gasteiger partial charge in [0.15, 0.2) is 0 Å². The molecule has 1 aliphatic heterocycles. The molecule has 0 amide bonds. The molecule has 0 radical (unpaired) electrons. The van der Waals surface area contributed by atoms with Gasteiger partial charge in [-0.2, -0.15) is 4.98 Å². The number of anilines is 2. The lowest BCUT2D eigenvalue weighted by Gasteiger charge is -2.26. The van der Waals surface area contributed by atoms with Gasteiger partial charge in [0.05, 0.1) is 0 Å². The van der Waals surface area contributed by atoms with Crippen molar-refractivity contribution in [2.45, 2.75) is 25.9 Å². The lowest BCUT2D eigenvalue weighted by Crippen LogP contribution is -2.35. The van der Waals surface area contributed by atoms with Gasteiger partial charge in [0, 0.05) is 64.9 Å². The number of pyridine rings is 1. The van der Waals surface area contributed by atoms with Crippen LogP contribution in [0.4, 0.5) is 11.8 Å². The normalized spacial score (nSPS) is 17.9. The van der Waals surface area contributed by atoms with Crippen molar-refractivity contribution in [3.05, 3.63) is 41.9 Å². The number of rotatable bonds is 5. The molecule has 1 aliphatic rings. The van der Waals surface area contributed by atoms with Gasteiger partial charge in [-0.3, -0.25) is 9.88 Å². The van der Waals surface area contributed by atoms with Crippen LogP contribution in [0.2, 0.25) is 0 Å². The maximum Gasteiger partial charge on any atom is 0.226 e. The fourth-order valence-electron chi connectivity index (χ4n) is 3.14. The van der Waals surface area contributed by atoms with Crippen molar-refractivity contribution in [3.63, 3.8) is 0 Å². The van der Waals surface area contributed by atoms with Crippen LogP contribution in [0.1, 0.15) is 17.7 Å². The predicted molar refractivity (Wildman–Crippen MR) is 97.4 cm³/mol. The number of hydrogen-bond donors (Lipinski definition) is 0. The van der Waals surface area contributed by atoms with E-state index >= 15 is 0 Å². The molecule has 0 aromatic carbocycles. The molecular formula is C18H26N6. The Morgan fingerprint density at radius 2 is 2.00 bits per heavy atom. The topological polar surface area (TPSA) is 48.4 Å². The second-order valence-corrected chi connectivity index (χ2v) is 6.65. The van der Waals surface area contributed by atoms with Crippen LogP contribution >= 0.6 is 0 Å². The van der Waals surface area contributed by atoms with Crippen LogP contribution in [0.3, 0.4) is 0 Å². The zero-order chi connectivity index (χ0) is 17.1. The highest BCUT2D eigenvalue weighted by Gasteiger charge is 2.27. The molecule has 24 heavy (non-hydrogen) atoms.